The van der Waals surface area contributed by atoms with Crippen molar-refractivity contribution in [3.63, 3.8) is 0 Å². The maximum Gasteiger partial charge on any atom is 0.418 e. The molecule has 0 radical (unpaired) electrons. The summed E-state index contributed by atoms with van der Waals surface area (Å²) in [7, 11) is 0. The lowest BCUT2D eigenvalue weighted by atomic mass is 9.90. The minimum Gasteiger partial charge on any atom is -0.467 e. The monoisotopic (exact) mass is 354 g/mol. The molecule has 134 valence electrons. The van der Waals surface area contributed by atoms with Crippen molar-refractivity contribution >= 4 is 17.5 Å². The van der Waals surface area contributed by atoms with Crippen molar-refractivity contribution in [2.45, 2.75) is 26.6 Å². The lowest BCUT2D eigenvalue weighted by Crippen LogP contribution is -2.45. The third-order valence-electron chi connectivity index (χ3n) is 3.62. The predicted octanol–water partition coefficient (Wildman–Crippen LogP) is 3.58. The zero-order chi connectivity index (χ0) is 18.7. The van der Waals surface area contributed by atoms with E-state index in [4.69, 9.17) is 4.42 Å². The fraction of sp³-hybridized carbons (Fsp3) is 0.294. The van der Waals surface area contributed by atoms with Crippen LogP contribution in [0, 0.1) is 5.41 Å². The summed E-state index contributed by atoms with van der Waals surface area (Å²) >= 11 is 0. The van der Waals surface area contributed by atoms with Crippen LogP contribution >= 0.6 is 0 Å². The van der Waals surface area contributed by atoms with Crippen LogP contribution in [0.4, 0.5) is 18.9 Å². The Morgan fingerprint density at radius 2 is 1.72 bits per heavy atom. The van der Waals surface area contributed by atoms with Crippen molar-refractivity contribution < 1.29 is 27.2 Å². The molecule has 0 fully saturated rings. The van der Waals surface area contributed by atoms with Crippen LogP contribution in [0.15, 0.2) is 47.1 Å². The quantitative estimate of drug-likeness (QED) is 0.806. The number of benzene rings is 1. The van der Waals surface area contributed by atoms with Gasteiger partial charge in [0.1, 0.15) is 11.2 Å². The summed E-state index contributed by atoms with van der Waals surface area (Å²) in [6.45, 7) is 2.73. The molecule has 0 aliphatic heterocycles. The zero-order valence-electron chi connectivity index (χ0n) is 13.6. The number of halogens is 3. The first-order chi connectivity index (χ1) is 11.6. The topological polar surface area (TPSA) is 71.3 Å². The fourth-order valence-electron chi connectivity index (χ4n) is 2.02. The summed E-state index contributed by atoms with van der Waals surface area (Å²) in [5.41, 5.74) is -2.95. The SMILES string of the molecule is CC(C)(C(=O)NCc1ccco1)C(=O)Nc1ccccc1C(F)(F)F. The Hall–Kier alpha value is -2.77. The molecule has 8 heteroatoms. The fourth-order valence-corrected chi connectivity index (χ4v) is 2.02. The van der Waals surface area contributed by atoms with Crippen molar-refractivity contribution in [1.82, 2.24) is 5.32 Å². The van der Waals surface area contributed by atoms with Gasteiger partial charge in [-0.1, -0.05) is 12.1 Å². The highest BCUT2D eigenvalue weighted by atomic mass is 19.4. The highest BCUT2D eigenvalue weighted by Gasteiger charge is 2.38. The molecule has 1 aromatic carbocycles. The summed E-state index contributed by atoms with van der Waals surface area (Å²) in [5.74, 6) is -0.987. The van der Waals surface area contributed by atoms with Gasteiger partial charge in [-0.15, -0.1) is 0 Å². The van der Waals surface area contributed by atoms with Gasteiger partial charge in [0.2, 0.25) is 11.8 Å². The second-order valence-electron chi connectivity index (χ2n) is 5.88. The van der Waals surface area contributed by atoms with Gasteiger partial charge in [0, 0.05) is 0 Å². The Bertz CT molecular complexity index is 753. The van der Waals surface area contributed by atoms with Crippen molar-refractivity contribution in [3.05, 3.63) is 54.0 Å². The van der Waals surface area contributed by atoms with Crippen molar-refractivity contribution in [2.75, 3.05) is 5.32 Å². The lowest BCUT2D eigenvalue weighted by molar-refractivity contribution is -0.138. The summed E-state index contributed by atoms with van der Waals surface area (Å²) < 4.78 is 44.0. The summed E-state index contributed by atoms with van der Waals surface area (Å²) in [6, 6.07) is 7.88. The molecule has 2 aromatic rings. The number of carbonyl (C=O) groups is 2. The van der Waals surface area contributed by atoms with E-state index < -0.39 is 34.7 Å². The molecule has 0 saturated carbocycles. The molecule has 1 heterocycles. The number of amides is 2. The maximum absolute atomic E-state index is 13.0. The molecule has 2 rings (SSSR count). The molecular formula is C17H17F3N2O3. The first-order valence-corrected chi connectivity index (χ1v) is 7.40. The van der Waals surface area contributed by atoms with Gasteiger partial charge in [0.25, 0.3) is 0 Å². The van der Waals surface area contributed by atoms with E-state index >= 15 is 0 Å². The van der Waals surface area contributed by atoms with E-state index in [0.29, 0.717) is 5.76 Å². The van der Waals surface area contributed by atoms with Gasteiger partial charge in [-0.25, -0.2) is 0 Å². The number of hydrogen-bond acceptors (Lipinski definition) is 3. The first-order valence-electron chi connectivity index (χ1n) is 7.40. The smallest absolute Gasteiger partial charge is 0.418 e. The van der Waals surface area contributed by atoms with E-state index in [0.717, 1.165) is 12.1 Å². The minimum atomic E-state index is -4.62. The van der Waals surface area contributed by atoms with E-state index in [9.17, 15) is 22.8 Å². The number of carbonyl (C=O) groups excluding carboxylic acids is 2. The Balaban J connectivity index is 2.10. The average molecular weight is 354 g/mol. The molecule has 1 aromatic heterocycles. The molecular weight excluding hydrogens is 337 g/mol. The number of nitrogens with one attached hydrogen (secondary N) is 2. The van der Waals surface area contributed by atoms with Crippen LogP contribution in [-0.4, -0.2) is 11.8 Å². The molecule has 2 N–H and O–H groups in total. The van der Waals surface area contributed by atoms with Crippen LogP contribution in [0.3, 0.4) is 0 Å². The number of furan rings is 1. The van der Waals surface area contributed by atoms with Crippen LogP contribution in [0.1, 0.15) is 25.2 Å². The Morgan fingerprint density at radius 3 is 2.32 bits per heavy atom. The van der Waals surface area contributed by atoms with E-state index in [1.807, 2.05) is 0 Å². The zero-order valence-corrected chi connectivity index (χ0v) is 13.6. The third-order valence-corrected chi connectivity index (χ3v) is 3.62. The second kappa shape index (κ2) is 7.00. The second-order valence-corrected chi connectivity index (χ2v) is 5.88. The molecule has 0 unspecified atom stereocenters. The van der Waals surface area contributed by atoms with Crippen molar-refractivity contribution in [1.29, 1.82) is 0 Å². The molecule has 2 amide bonds. The molecule has 0 spiro atoms. The first kappa shape index (κ1) is 18.6. The molecule has 0 saturated heterocycles. The predicted molar refractivity (Wildman–Crippen MR) is 84.4 cm³/mol. The lowest BCUT2D eigenvalue weighted by Gasteiger charge is -2.23. The Morgan fingerprint density at radius 1 is 1.04 bits per heavy atom. The average Bonchev–Trinajstić information content (AvgIpc) is 3.05. The maximum atomic E-state index is 13.0. The summed E-state index contributed by atoms with van der Waals surface area (Å²) in [4.78, 5) is 24.6. The van der Waals surface area contributed by atoms with Crippen LogP contribution in [0.5, 0.6) is 0 Å². The normalized spacial score (nSPS) is 11.9. The van der Waals surface area contributed by atoms with Gasteiger partial charge < -0.3 is 15.1 Å². The number of alkyl halides is 3. The number of rotatable bonds is 5. The Kier molecular flexibility index (Phi) is 5.20. The molecule has 0 aliphatic rings. The van der Waals surface area contributed by atoms with Gasteiger partial charge in [0.05, 0.1) is 24.1 Å². The van der Waals surface area contributed by atoms with Crippen molar-refractivity contribution in [3.8, 4) is 0 Å². The summed E-state index contributed by atoms with van der Waals surface area (Å²) in [6.07, 6.45) is -3.18. The van der Waals surface area contributed by atoms with Crippen molar-refractivity contribution in [2.24, 2.45) is 5.41 Å². The molecule has 0 aliphatic carbocycles. The number of anilines is 1. The minimum absolute atomic E-state index is 0.0711. The summed E-state index contributed by atoms with van der Waals surface area (Å²) in [5, 5.41) is 4.71. The van der Waals surface area contributed by atoms with Gasteiger partial charge in [-0.2, -0.15) is 13.2 Å². The Labute approximate surface area is 142 Å². The van der Waals surface area contributed by atoms with E-state index in [2.05, 4.69) is 10.6 Å². The van der Waals surface area contributed by atoms with Crippen LogP contribution in [-0.2, 0) is 22.3 Å². The van der Waals surface area contributed by atoms with Crippen LogP contribution < -0.4 is 10.6 Å². The van der Waals surface area contributed by atoms with E-state index in [-0.39, 0.29) is 6.54 Å². The third kappa shape index (κ3) is 4.40. The highest BCUT2D eigenvalue weighted by molar-refractivity contribution is 6.10. The van der Waals surface area contributed by atoms with Gasteiger partial charge in [-0.05, 0) is 38.1 Å². The standard InChI is InChI=1S/C17H17F3N2O3/c1-16(2,14(23)21-10-11-6-5-9-25-11)15(24)22-13-8-4-3-7-12(13)17(18,19)20/h3-9H,10H2,1-2H3,(H,21,23)(H,22,24). The number of para-hydroxylation sites is 1. The van der Waals surface area contributed by atoms with Crippen LogP contribution in [0.2, 0.25) is 0 Å². The molecule has 0 atom stereocenters. The van der Waals surface area contributed by atoms with Gasteiger partial charge >= 0.3 is 6.18 Å². The highest BCUT2D eigenvalue weighted by Crippen LogP contribution is 2.35. The van der Waals surface area contributed by atoms with E-state index in [1.54, 1.807) is 12.1 Å². The molecule has 5 nitrogen and oxygen atoms in total. The van der Waals surface area contributed by atoms with Crippen LogP contribution in [0.25, 0.3) is 0 Å². The molecule has 25 heavy (non-hydrogen) atoms. The van der Waals surface area contributed by atoms with E-state index in [1.165, 1.54) is 32.2 Å². The van der Waals surface area contributed by atoms with Gasteiger partial charge in [-0.3, -0.25) is 9.59 Å². The van der Waals surface area contributed by atoms with Gasteiger partial charge in [0.15, 0.2) is 0 Å². The molecule has 0 bridgehead atoms. The largest absolute Gasteiger partial charge is 0.467 e. The number of hydrogen-bond donors (Lipinski definition) is 2.